The number of carbonyl (C=O) groups is 2. The van der Waals surface area contributed by atoms with Gasteiger partial charge in [0, 0.05) is 17.2 Å². The zero-order valence-electron chi connectivity index (χ0n) is 12.2. The monoisotopic (exact) mass is 329 g/mol. The number of carbonyl (C=O) groups excluding carboxylic acids is 1. The van der Waals surface area contributed by atoms with Crippen molar-refractivity contribution in [2.45, 2.75) is 17.5 Å². The van der Waals surface area contributed by atoms with Gasteiger partial charge in [-0.3, -0.25) is 4.79 Å². The summed E-state index contributed by atoms with van der Waals surface area (Å²) in [6.07, 6.45) is -0.520. The number of fused-ring (bicyclic) bond motifs is 1. The third kappa shape index (κ3) is 3.65. The molecule has 0 spiro atoms. The average Bonchev–Trinajstić information content (AvgIpc) is 2.59. The third-order valence-corrected chi connectivity index (χ3v) is 4.59. The Morgan fingerprint density at radius 2 is 1.91 bits per heavy atom. The van der Waals surface area contributed by atoms with Crippen molar-refractivity contribution >= 4 is 23.6 Å². The van der Waals surface area contributed by atoms with E-state index in [-0.39, 0.29) is 11.5 Å². The van der Waals surface area contributed by atoms with Crippen molar-refractivity contribution in [3.05, 3.63) is 59.7 Å². The normalized spacial score (nSPS) is 16.1. The molecule has 5 nitrogen and oxygen atoms in total. The highest BCUT2D eigenvalue weighted by Crippen LogP contribution is 2.34. The van der Waals surface area contributed by atoms with Crippen molar-refractivity contribution in [1.29, 1.82) is 0 Å². The number of amides is 1. The first-order chi connectivity index (χ1) is 11.1. The fourth-order valence-electron chi connectivity index (χ4n) is 2.22. The van der Waals surface area contributed by atoms with Gasteiger partial charge < -0.3 is 15.2 Å². The molecule has 0 aromatic heterocycles. The maximum Gasteiger partial charge on any atom is 0.335 e. The second kappa shape index (κ2) is 6.75. The molecule has 0 saturated heterocycles. The van der Waals surface area contributed by atoms with Crippen molar-refractivity contribution in [2.75, 3.05) is 5.75 Å². The quantitative estimate of drug-likeness (QED) is 0.901. The Labute approximate surface area is 137 Å². The molecular weight excluding hydrogens is 314 g/mol. The van der Waals surface area contributed by atoms with E-state index in [1.807, 2.05) is 24.3 Å². The molecule has 0 unspecified atom stereocenters. The first-order valence-corrected chi connectivity index (χ1v) is 8.10. The Hall–Kier alpha value is -2.47. The highest BCUT2D eigenvalue weighted by Gasteiger charge is 2.26. The van der Waals surface area contributed by atoms with E-state index in [9.17, 15) is 9.59 Å². The van der Waals surface area contributed by atoms with Gasteiger partial charge in [0.2, 0.25) is 0 Å². The van der Waals surface area contributed by atoms with Crippen LogP contribution in [0.1, 0.15) is 15.9 Å². The van der Waals surface area contributed by atoms with Crippen molar-refractivity contribution in [3.8, 4) is 5.75 Å². The number of carboxylic acids is 1. The molecule has 0 saturated carbocycles. The van der Waals surface area contributed by atoms with Gasteiger partial charge in [0.25, 0.3) is 5.91 Å². The van der Waals surface area contributed by atoms with Gasteiger partial charge >= 0.3 is 5.97 Å². The number of rotatable bonds is 4. The van der Waals surface area contributed by atoms with Gasteiger partial charge in [0.1, 0.15) is 5.75 Å². The molecule has 1 amide bonds. The summed E-state index contributed by atoms with van der Waals surface area (Å²) in [5.41, 5.74) is 1.07. The van der Waals surface area contributed by atoms with Gasteiger partial charge in [-0.15, -0.1) is 11.8 Å². The van der Waals surface area contributed by atoms with Gasteiger partial charge in [-0.2, -0.15) is 0 Å². The number of aromatic carboxylic acids is 1. The molecule has 2 aromatic carbocycles. The standard InChI is InChI=1S/C17H15NO4S/c19-16(14-10-23-15-4-2-1-3-13(15)22-14)18-9-11-5-7-12(8-6-11)17(20)21/h1-8,14H,9-10H2,(H,18,19)(H,20,21)/t14-/m1/s1. The molecule has 0 radical (unpaired) electrons. The average molecular weight is 329 g/mol. The zero-order chi connectivity index (χ0) is 16.2. The van der Waals surface area contributed by atoms with Crippen LogP contribution < -0.4 is 10.1 Å². The smallest absolute Gasteiger partial charge is 0.335 e. The van der Waals surface area contributed by atoms with Crippen LogP contribution in [0.25, 0.3) is 0 Å². The minimum Gasteiger partial charge on any atom is -0.479 e. The molecule has 2 aromatic rings. The number of thioether (sulfide) groups is 1. The Morgan fingerprint density at radius 1 is 1.17 bits per heavy atom. The summed E-state index contributed by atoms with van der Waals surface area (Å²) in [5, 5.41) is 11.7. The Bertz CT molecular complexity index is 730. The van der Waals surface area contributed by atoms with Crippen LogP contribution in [0.15, 0.2) is 53.4 Å². The Kier molecular flexibility index (Phi) is 4.52. The predicted molar refractivity (Wildman–Crippen MR) is 86.8 cm³/mol. The first kappa shape index (κ1) is 15.4. The molecule has 1 atom stereocenters. The molecule has 1 aliphatic rings. The van der Waals surface area contributed by atoms with Gasteiger partial charge in [0.15, 0.2) is 6.10 Å². The van der Waals surface area contributed by atoms with Crippen LogP contribution in [0.3, 0.4) is 0 Å². The van der Waals surface area contributed by atoms with Crippen LogP contribution in [0.4, 0.5) is 0 Å². The molecule has 23 heavy (non-hydrogen) atoms. The number of hydrogen-bond donors (Lipinski definition) is 2. The number of benzene rings is 2. The number of nitrogens with one attached hydrogen (secondary N) is 1. The van der Waals surface area contributed by atoms with Gasteiger partial charge in [0.05, 0.1) is 5.56 Å². The fraction of sp³-hybridized carbons (Fsp3) is 0.176. The van der Waals surface area contributed by atoms with E-state index in [1.165, 1.54) is 12.1 Å². The number of para-hydroxylation sites is 1. The largest absolute Gasteiger partial charge is 0.479 e. The van der Waals surface area contributed by atoms with E-state index in [2.05, 4.69) is 5.32 Å². The summed E-state index contributed by atoms with van der Waals surface area (Å²) in [6, 6.07) is 14.1. The molecule has 118 valence electrons. The van der Waals surface area contributed by atoms with Crippen LogP contribution >= 0.6 is 11.8 Å². The Balaban J connectivity index is 1.57. The number of ether oxygens (including phenoxy) is 1. The SMILES string of the molecule is O=C(O)c1ccc(CNC(=O)[C@H]2CSc3ccccc3O2)cc1. The number of hydrogen-bond acceptors (Lipinski definition) is 4. The van der Waals surface area contributed by atoms with Crippen LogP contribution in [-0.2, 0) is 11.3 Å². The van der Waals surface area contributed by atoms with Gasteiger partial charge in [-0.1, -0.05) is 24.3 Å². The summed E-state index contributed by atoms with van der Waals surface area (Å²) >= 11 is 1.60. The lowest BCUT2D eigenvalue weighted by atomic mass is 10.1. The zero-order valence-corrected chi connectivity index (χ0v) is 13.0. The topological polar surface area (TPSA) is 75.6 Å². The summed E-state index contributed by atoms with van der Waals surface area (Å²) in [6.45, 7) is 0.338. The van der Waals surface area contributed by atoms with Gasteiger partial charge in [-0.25, -0.2) is 4.79 Å². The second-order valence-electron chi connectivity index (χ2n) is 5.08. The van der Waals surface area contributed by atoms with E-state index < -0.39 is 12.1 Å². The number of carboxylic acid groups (broad SMARTS) is 1. The predicted octanol–water partition coefficient (Wildman–Crippen LogP) is 2.55. The molecule has 3 rings (SSSR count). The van der Waals surface area contributed by atoms with E-state index in [0.29, 0.717) is 12.3 Å². The molecular formula is C17H15NO4S. The lowest BCUT2D eigenvalue weighted by Gasteiger charge is -2.24. The molecule has 1 heterocycles. The second-order valence-corrected chi connectivity index (χ2v) is 6.15. The highest BCUT2D eigenvalue weighted by atomic mass is 32.2. The maximum atomic E-state index is 12.2. The lowest BCUT2D eigenvalue weighted by Crippen LogP contribution is -2.41. The van der Waals surface area contributed by atoms with Crippen molar-refractivity contribution in [1.82, 2.24) is 5.32 Å². The van der Waals surface area contributed by atoms with E-state index in [4.69, 9.17) is 9.84 Å². The summed E-state index contributed by atoms with van der Waals surface area (Å²) in [5.74, 6) is 0.164. The van der Waals surface area contributed by atoms with E-state index in [1.54, 1.807) is 23.9 Å². The first-order valence-electron chi connectivity index (χ1n) is 7.12. The minimum atomic E-state index is -0.966. The van der Waals surface area contributed by atoms with E-state index in [0.717, 1.165) is 16.2 Å². The van der Waals surface area contributed by atoms with Crippen LogP contribution in [0, 0.1) is 0 Å². The molecule has 2 N–H and O–H groups in total. The van der Waals surface area contributed by atoms with E-state index >= 15 is 0 Å². The van der Waals surface area contributed by atoms with Crippen LogP contribution in [-0.4, -0.2) is 28.8 Å². The molecule has 0 fully saturated rings. The van der Waals surface area contributed by atoms with Crippen molar-refractivity contribution < 1.29 is 19.4 Å². The van der Waals surface area contributed by atoms with Crippen molar-refractivity contribution in [2.24, 2.45) is 0 Å². The van der Waals surface area contributed by atoms with Crippen LogP contribution in [0.5, 0.6) is 5.75 Å². The maximum absolute atomic E-state index is 12.2. The summed E-state index contributed by atoms with van der Waals surface area (Å²) < 4.78 is 5.72. The molecule has 0 aliphatic carbocycles. The fourth-order valence-corrected chi connectivity index (χ4v) is 3.20. The summed E-state index contributed by atoms with van der Waals surface area (Å²) in [4.78, 5) is 24.1. The van der Waals surface area contributed by atoms with Crippen molar-refractivity contribution in [3.63, 3.8) is 0 Å². The molecule has 6 heteroatoms. The minimum absolute atomic E-state index is 0.172. The summed E-state index contributed by atoms with van der Waals surface area (Å²) in [7, 11) is 0. The third-order valence-electron chi connectivity index (χ3n) is 3.47. The molecule has 0 bridgehead atoms. The van der Waals surface area contributed by atoms with Gasteiger partial charge in [-0.05, 0) is 29.8 Å². The Morgan fingerprint density at radius 3 is 2.65 bits per heavy atom. The van der Waals surface area contributed by atoms with Crippen LogP contribution in [0.2, 0.25) is 0 Å². The lowest BCUT2D eigenvalue weighted by molar-refractivity contribution is -0.127. The highest BCUT2D eigenvalue weighted by molar-refractivity contribution is 7.99. The molecule has 1 aliphatic heterocycles.